The molecule has 3 aromatic carbocycles. The smallest absolute Gasteiger partial charge is 0.175 e. The highest BCUT2D eigenvalue weighted by Crippen LogP contribution is 2.46. The number of Topliss-reactive ketones (excluding diaryl/α,β-unsaturated/α-hetero) is 1. The molecule has 0 aromatic heterocycles. The van der Waals surface area contributed by atoms with Gasteiger partial charge in [0.15, 0.2) is 5.78 Å². The Bertz CT molecular complexity index is 837. The first kappa shape index (κ1) is 13.5. The van der Waals surface area contributed by atoms with E-state index in [1.807, 2.05) is 48.5 Å². The van der Waals surface area contributed by atoms with E-state index in [2.05, 4.69) is 40.2 Å². The van der Waals surface area contributed by atoms with Crippen LogP contribution in [0.4, 0.5) is 0 Å². The molecule has 0 spiro atoms. The van der Waals surface area contributed by atoms with Crippen LogP contribution in [0.3, 0.4) is 0 Å². The van der Waals surface area contributed by atoms with Crippen molar-refractivity contribution in [2.45, 2.75) is 5.92 Å². The zero-order valence-corrected chi connectivity index (χ0v) is 13.4. The Hall–Kier alpha value is -2.19. The Morgan fingerprint density at radius 3 is 1.82 bits per heavy atom. The Morgan fingerprint density at radius 2 is 1.23 bits per heavy atom. The van der Waals surface area contributed by atoms with Crippen molar-refractivity contribution in [1.29, 1.82) is 0 Å². The van der Waals surface area contributed by atoms with Gasteiger partial charge in [-0.2, -0.15) is 0 Å². The number of ketones is 1. The highest BCUT2D eigenvalue weighted by Gasteiger charge is 2.34. The molecule has 0 unspecified atom stereocenters. The maximum absolute atomic E-state index is 13.2. The summed E-state index contributed by atoms with van der Waals surface area (Å²) in [6.07, 6.45) is 0. The fraction of sp³-hybridized carbons (Fsp3) is 0.0500. The van der Waals surface area contributed by atoms with Crippen molar-refractivity contribution in [3.63, 3.8) is 0 Å². The van der Waals surface area contributed by atoms with Gasteiger partial charge in [0.2, 0.25) is 0 Å². The molecule has 22 heavy (non-hydrogen) atoms. The lowest BCUT2D eigenvalue weighted by molar-refractivity contribution is 0.0974. The zero-order chi connectivity index (χ0) is 15.1. The molecule has 0 N–H and O–H groups in total. The molecule has 0 saturated heterocycles. The number of rotatable bonds is 2. The molecule has 2 heteroatoms. The van der Waals surface area contributed by atoms with Crippen LogP contribution in [0, 0.1) is 0 Å². The minimum Gasteiger partial charge on any atom is -0.293 e. The van der Waals surface area contributed by atoms with Gasteiger partial charge >= 0.3 is 0 Å². The Morgan fingerprint density at radius 1 is 0.727 bits per heavy atom. The summed E-state index contributed by atoms with van der Waals surface area (Å²) in [5.74, 6) is -0.0732. The first-order valence-electron chi connectivity index (χ1n) is 7.24. The van der Waals surface area contributed by atoms with Crippen molar-refractivity contribution in [1.82, 2.24) is 0 Å². The van der Waals surface area contributed by atoms with Gasteiger partial charge in [0, 0.05) is 10.0 Å². The van der Waals surface area contributed by atoms with E-state index in [0.717, 1.165) is 21.2 Å². The third kappa shape index (κ3) is 1.95. The van der Waals surface area contributed by atoms with Gasteiger partial charge in [0.25, 0.3) is 0 Å². The first-order valence-corrected chi connectivity index (χ1v) is 8.03. The van der Waals surface area contributed by atoms with E-state index in [9.17, 15) is 4.79 Å². The van der Waals surface area contributed by atoms with Crippen molar-refractivity contribution in [3.05, 3.63) is 94.0 Å². The van der Waals surface area contributed by atoms with E-state index in [-0.39, 0.29) is 11.7 Å². The summed E-state index contributed by atoms with van der Waals surface area (Å²) in [6.45, 7) is 0. The number of benzene rings is 3. The molecule has 1 aliphatic carbocycles. The van der Waals surface area contributed by atoms with Crippen LogP contribution in [-0.2, 0) is 0 Å². The van der Waals surface area contributed by atoms with Gasteiger partial charge in [-0.15, -0.1) is 0 Å². The third-order valence-electron chi connectivity index (χ3n) is 4.24. The second kappa shape index (κ2) is 5.22. The minimum atomic E-state index is -0.217. The van der Waals surface area contributed by atoms with Gasteiger partial charge in [0.05, 0.1) is 5.92 Å². The van der Waals surface area contributed by atoms with Gasteiger partial charge in [-0.25, -0.2) is 0 Å². The zero-order valence-electron chi connectivity index (χ0n) is 11.8. The van der Waals surface area contributed by atoms with Crippen LogP contribution in [0.15, 0.2) is 77.3 Å². The number of halogens is 1. The molecule has 4 rings (SSSR count). The Labute approximate surface area is 137 Å². The molecule has 0 bridgehead atoms. The molecule has 0 radical (unpaired) electrons. The van der Waals surface area contributed by atoms with Gasteiger partial charge in [0.1, 0.15) is 0 Å². The summed E-state index contributed by atoms with van der Waals surface area (Å²) in [6, 6.07) is 24.0. The predicted molar refractivity (Wildman–Crippen MR) is 92.2 cm³/mol. The topological polar surface area (TPSA) is 17.1 Å². The summed E-state index contributed by atoms with van der Waals surface area (Å²) in [5, 5.41) is 0. The molecule has 0 heterocycles. The number of fused-ring (bicyclic) bond motifs is 3. The van der Waals surface area contributed by atoms with Crippen LogP contribution in [0.2, 0.25) is 0 Å². The summed E-state index contributed by atoms with van der Waals surface area (Å²) in [7, 11) is 0. The molecule has 106 valence electrons. The lowest BCUT2D eigenvalue weighted by atomic mass is 9.89. The van der Waals surface area contributed by atoms with Gasteiger partial charge in [-0.3, -0.25) is 4.79 Å². The summed E-state index contributed by atoms with van der Waals surface area (Å²) in [5.41, 5.74) is 5.28. The minimum absolute atomic E-state index is 0.143. The number of carbonyl (C=O) groups excluding carboxylic acids is 1. The standard InChI is InChI=1S/C20H13BrO/c21-18-12-6-5-11-17(18)20(22)19-15-9-3-1-7-13(15)14-8-2-4-10-16(14)19/h1-12,19H. The molecule has 0 atom stereocenters. The maximum atomic E-state index is 13.2. The molecule has 0 saturated carbocycles. The fourth-order valence-electron chi connectivity index (χ4n) is 3.25. The van der Waals surface area contributed by atoms with Crippen LogP contribution in [0.5, 0.6) is 0 Å². The van der Waals surface area contributed by atoms with Crippen LogP contribution < -0.4 is 0 Å². The van der Waals surface area contributed by atoms with Crippen LogP contribution in [0.1, 0.15) is 27.4 Å². The molecule has 3 aromatic rings. The highest BCUT2D eigenvalue weighted by atomic mass is 79.9. The third-order valence-corrected chi connectivity index (χ3v) is 4.93. The number of hydrogen-bond acceptors (Lipinski definition) is 1. The van der Waals surface area contributed by atoms with Crippen LogP contribution >= 0.6 is 15.9 Å². The van der Waals surface area contributed by atoms with E-state index in [1.54, 1.807) is 0 Å². The first-order chi connectivity index (χ1) is 10.8. The lowest BCUT2D eigenvalue weighted by Crippen LogP contribution is -2.12. The number of carbonyl (C=O) groups is 1. The average molecular weight is 349 g/mol. The molecule has 0 fully saturated rings. The van der Waals surface area contributed by atoms with Crippen molar-refractivity contribution in [2.75, 3.05) is 0 Å². The van der Waals surface area contributed by atoms with Crippen LogP contribution in [0.25, 0.3) is 11.1 Å². The van der Waals surface area contributed by atoms with Gasteiger partial charge < -0.3 is 0 Å². The van der Waals surface area contributed by atoms with Crippen molar-refractivity contribution < 1.29 is 4.79 Å². The SMILES string of the molecule is O=C(c1ccccc1Br)C1c2ccccc2-c2ccccc21. The average Bonchev–Trinajstić information content (AvgIpc) is 2.89. The quantitative estimate of drug-likeness (QED) is 0.563. The van der Waals surface area contributed by atoms with E-state index in [1.165, 1.54) is 11.1 Å². The van der Waals surface area contributed by atoms with E-state index >= 15 is 0 Å². The second-order valence-electron chi connectivity index (χ2n) is 5.45. The Balaban J connectivity index is 1.92. The second-order valence-corrected chi connectivity index (χ2v) is 6.31. The van der Waals surface area contributed by atoms with Gasteiger partial charge in [-0.05, 0) is 28.3 Å². The molecule has 1 aliphatic rings. The van der Waals surface area contributed by atoms with Gasteiger partial charge in [-0.1, -0.05) is 82.7 Å². The molecular weight excluding hydrogens is 336 g/mol. The van der Waals surface area contributed by atoms with E-state index in [0.29, 0.717) is 0 Å². The molecule has 0 aliphatic heterocycles. The lowest BCUT2D eigenvalue weighted by Gasteiger charge is -2.13. The van der Waals surface area contributed by atoms with Crippen molar-refractivity contribution >= 4 is 21.7 Å². The summed E-state index contributed by atoms with van der Waals surface area (Å²) < 4.78 is 0.849. The summed E-state index contributed by atoms with van der Waals surface area (Å²) in [4.78, 5) is 13.2. The van der Waals surface area contributed by atoms with Crippen molar-refractivity contribution in [2.24, 2.45) is 0 Å². The van der Waals surface area contributed by atoms with E-state index < -0.39 is 0 Å². The monoisotopic (exact) mass is 348 g/mol. The summed E-state index contributed by atoms with van der Waals surface area (Å²) >= 11 is 3.50. The van der Waals surface area contributed by atoms with Crippen molar-refractivity contribution in [3.8, 4) is 11.1 Å². The maximum Gasteiger partial charge on any atom is 0.175 e. The number of hydrogen-bond donors (Lipinski definition) is 0. The molecule has 0 amide bonds. The predicted octanol–water partition coefficient (Wildman–Crippen LogP) is 5.44. The largest absolute Gasteiger partial charge is 0.293 e. The Kier molecular flexibility index (Phi) is 3.20. The van der Waals surface area contributed by atoms with Crippen LogP contribution in [-0.4, -0.2) is 5.78 Å². The normalized spacial score (nSPS) is 12.8. The fourth-order valence-corrected chi connectivity index (χ4v) is 3.73. The van der Waals surface area contributed by atoms with E-state index in [4.69, 9.17) is 0 Å². The highest BCUT2D eigenvalue weighted by molar-refractivity contribution is 9.10. The molecule has 1 nitrogen and oxygen atoms in total. The molecular formula is C20H13BrO.